The number of aromatic nitrogens is 5. The Morgan fingerprint density at radius 1 is 1.07 bits per heavy atom. The monoisotopic (exact) mass is 417 g/mol. The molecule has 3 heterocycles. The number of aryl methyl sites for hydroxylation is 1. The minimum atomic E-state index is -0.110. The molecule has 0 saturated heterocycles. The summed E-state index contributed by atoms with van der Waals surface area (Å²) < 4.78 is 3.54. The van der Waals surface area contributed by atoms with Crippen LogP contribution in [0.25, 0.3) is 38.9 Å². The molecule has 0 N–H and O–H groups in total. The van der Waals surface area contributed by atoms with Gasteiger partial charge < -0.3 is 0 Å². The van der Waals surface area contributed by atoms with Crippen LogP contribution in [0.3, 0.4) is 0 Å². The van der Waals surface area contributed by atoms with E-state index in [1.807, 2.05) is 67.8 Å². The van der Waals surface area contributed by atoms with Gasteiger partial charge in [0.05, 0.1) is 16.7 Å². The van der Waals surface area contributed by atoms with Gasteiger partial charge in [0.2, 0.25) is 0 Å². The van der Waals surface area contributed by atoms with Crippen LogP contribution in [0.15, 0.2) is 53.6 Å². The van der Waals surface area contributed by atoms with Crippen molar-refractivity contribution in [2.45, 2.75) is 33.2 Å². The zero-order valence-electron chi connectivity index (χ0n) is 16.9. The van der Waals surface area contributed by atoms with E-state index in [0.717, 1.165) is 28.7 Å². The lowest BCUT2D eigenvalue weighted by Crippen LogP contribution is -2.23. The molecule has 0 saturated carbocycles. The van der Waals surface area contributed by atoms with Crippen LogP contribution in [-0.4, -0.2) is 24.1 Å². The minimum Gasteiger partial charge on any atom is -0.296 e. The highest BCUT2D eigenvalue weighted by atomic mass is 35.5. The zero-order chi connectivity index (χ0) is 21.0. The maximum atomic E-state index is 13.5. The van der Waals surface area contributed by atoms with Gasteiger partial charge in [-0.25, -0.2) is 15.0 Å². The summed E-state index contributed by atoms with van der Waals surface area (Å²) in [4.78, 5) is 27.8. The number of fused-ring (bicyclic) bond motifs is 4. The predicted octanol–water partition coefficient (Wildman–Crippen LogP) is 5.22. The van der Waals surface area contributed by atoms with Crippen LogP contribution < -0.4 is 5.56 Å². The normalized spacial score (nSPS) is 12.8. The van der Waals surface area contributed by atoms with Gasteiger partial charge in [-0.3, -0.25) is 13.9 Å². The molecule has 1 atom stereocenters. The first-order valence-electron chi connectivity index (χ1n) is 9.94. The van der Waals surface area contributed by atoms with E-state index >= 15 is 0 Å². The summed E-state index contributed by atoms with van der Waals surface area (Å²) in [5.41, 5.74) is 4.84. The third kappa shape index (κ3) is 2.71. The van der Waals surface area contributed by atoms with Crippen LogP contribution in [0.4, 0.5) is 0 Å². The van der Waals surface area contributed by atoms with Gasteiger partial charge in [0, 0.05) is 11.1 Å². The Kier molecular flexibility index (Phi) is 4.33. The van der Waals surface area contributed by atoms with Gasteiger partial charge >= 0.3 is 0 Å². The quantitative estimate of drug-likeness (QED) is 0.404. The smallest absolute Gasteiger partial charge is 0.265 e. The number of nitrogens with zero attached hydrogens (tertiary/aromatic N) is 5. The molecule has 0 unspecified atom stereocenters. The molecule has 6 nitrogen and oxygen atoms in total. The summed E-state index contributed by atoms with van der Waals surface area (Å²) in [6.45, 7) is 6.01. The first kappa shape index (κ1) is 18.8. The summed E-state index contributed by atoms with van der Waals surface area (Å²) >= 11 is 6.41. The lowest BCUT2D eigenvalue weighted by atomic mass is 10.2. The average molecular weight is 418 g/mol. The Hall–Kier alpha value is -3.25. The maximum absolute atomic E-state index is 13.5. The highest BCUT2D eigenvalue weighted by Crippen LogP contribution is 2.30. The summed E-state index contributed by atoms with van der Waals surface area (Å²) in [6.07, 6.45) is 2.44. The predicted molar refractivity (Wildman–Crippen MR) is 121 cm³/mol. The van der Waals surface area contributed by atoms with Crippen molar-refractivity contribution in [3.05, 3.63) is 69.7 Å². The molecular weight excluding hydrogens is 398 g/mol. The topological polar surface area (TPSA) is 65.6 Å². The number of benzene rings is 2. The van der Waals surface area contributed by atoms with Crippen LogP contribution in [0.2, 0.25) is 5.02 Å². The molecule has 3 aromatic heterocycles. The SMILES string of the molecule is CC[C@@H](C)n1cnc2c(c1=O)c1nc3ccccc3nc1n2-c1ccc(C)c(Cl)c1. The molecule has 0 aliphatic heterocycles. The second kappa shape index (κ2) is 6.92. The van der Waals surface area contributed by atoms with Gasteiger partial charge in [-0.15, -0.1) is 0 Å². The Balaban J connectivity index is 1.98. The number of rotatable bonds is 3. The lowest BCUT2D eigenvalue weighted by Gasteiger charge is -2.12. The molecule has 7 heteroatoms. The highest BCUT2D eigenvalue weighted by Gasteiger charge is 2.22. The fraction of sp³-hybridized carbons (Fsp3) is 0.217. The van der Waals surface area contributed by atoms with Crippen LogP contribution in [-0.2, 0) is 0 Å². The molecule has 2 aromatic carbocycles. The van der Waals surface area contributed by atoms with Gasteiger partial charge in [-0.2, -0.15) is 0 Å². The van der Waals surface area contributed by atoms with Crippen molar-refractivity contribution in [3.63, 3.8) is 0 Å². The standard InChI is InChI=1S/C23H20ClN5O/c1-4-14(3)28-12-25-21-19(23(28)30)20-22(27-18-8-6-5-7-17(18)26-20)29(21)15-10-9-13(2)16(24)11-15/h5-12,14H,4H2,1-3H3/t14-/m1/s1. The van der Waals surface area contributed by atoms with Gasteiger partial charge in [-0.1, -0.05) is 36.7 Å². The Morgan fingerprint density at radius 2 is 1.80 bits per heavy atom. The van der Waals surface area contributed by atoms with Crippen molar-refractivity contribution in [1.29, 1.82) is 0 Å². The van der Waals surface area contributed by atoms with E-state index < -0.39 is 0 Å². The minimum absolute atomic E-state index is 0.0371. The van der Waals surface area contributed by atoms with Gasteiger partial charge in [-0.05, 0) is 50.1 Å². The highest BCUT2D eigenvalue weighted by molar-refractivity contribution is 6.31. The molecule has 150 valence electrons. The fourth-order valence-corrected chi connectivity index (χ4v) is 3.90. The molecule has 30 heavy (non-hydrogen) atoms. The molecule has 0 aliphatic carbocycles. The van der Waals surface area contributed by atoms with E-state index in [-0.39, 0.29) is 11.6 Å². The molecule has 0 bridgehead atoms. The average Bonchev–Trinajstić information content (AvgIpc) is 3.07. The first-order chi connectivity index (χ1) is 14.5. The van der Waals surface area contributed by atoms with Crippen molar-refractivity contribution < 1.29 is 0 Å². The molecule has 0 aliphatic rings. The summed E-state index contributed by atoms with van der Waals surface area (Å²) in [5.74, 6) is 0. The van der Waals surface area contributed by atoms with Crippen LogP contribution in [0.1, 0.15) is 31.9 Å². The van der Waals surface area contributed by atoms with Crippen molar-refractivity contribution in [3.8, 4) is 5.69 Å². The fourth-order valence-electron chi connectivity index (χ4n) is 3.73. The van der Waals surface area contributed by atoms with Crippen LogP contribution in [0.5, 0.6) is 0 Å². The largest absolute Gasteiger partial charge is 0.296 e. The van der Waals surface area contributed by atoms with E-state index in [2.05, 4.69) is 4.98 Å². The van der Waals surface area contributed by atoms with Crippen LogP contribution in [0, 0.1) is 6.92 Å². The summed E-state index contributed by atoms with van der Waals surface area (Å²) in [6, 6.07) is 13.5. The number of para-hydroxylation sites is 2. The van der Waals surface area contributed by atoms with Crippen molar-refractivity contribution >= 4 is 44.8 Å². The Bertz CT molecular complexity index is 1500. The van der Waals surface area contributed by atoms with E-state index in [9.17, 15) is 4.79 Å². The van der Waals surface area contributed by atoms with E-state index in [4.69, 9.17) is 21.6 Å². The molecule has 0 radical (unpaired) electrons. The lowest BCUT2D eigenvalue weighted by molar-refractivity contribution is 0.510. The maximum Gasteiger partial charge on any atom is 0.265 e. The third-order valence-electron chi connectivity index (χ3n) is 5.67. The molecule has 0 spiro atoms. The summed E-state index contributed by atoms with van der Waals surface area (Å²) in [5, 5.41) is 1.12. The molecule has 5 rings (SSSR count). The van der Waals surface area contributed by atoms with Crippen LogP contribution >= 0.6 is 11.6 Å². The second-order valence-electron chi connectivity index (χ2n) is 7.57. The van der Waals surface area contributed by atoms with E-state index in [1.165, 1.54) is 0 Å². The van der Waals surface area contributed by atoms with Gasteiger partial charge in [0.15, 0.2) is 11.3 Å². The molecule has 5 aromatic rings. The number of hydrogen-bond donors (Lipinski definition) is 0. The number of hydrogen-bond acceptors (Lipinski definition) is 4. The number of halogens is 1. The zero-order valence-corrected chi connectivity index (χ0v) is 17.7. The van der Waals surface area contributed by atoms with E-state index in [0.29, 0.717) is 27.2 Å². The van der Waals surface area contributed by atoms with Crippen molar-refractivity contribution in [1.82, 2.24) is 24.1 Å². The molecule has 0 fully saturated rings. The van der Waals surface area contributed by atoms with Gasteiger partial charge in [0.1, 0.15) is 17.2 Å². The Labute approximate surface area is 177 Å². The molecule has 0 amide bonds. The van der Waals surface area contributed by atoms with Crippen molar-refractivity contribution in [2.75, 3.05) is 0 Å². The first-order valence-corrected chi connectivity index (χ1v) is 10.3. The summed E-state index contributed by atoms with van der Waals surface area (Å²) in [7, 11) is 0. The molecular formula is C23H20ClN5O. The second-order valence-corrected chi connectivity index (χ2v) is 7.97. The third-order valence-corrected chi connectivity index (χ3v) is 6.08. The van der Waals surface area contributed by atoms with Gasteiger partial charge in [0.25, 0.3) is 5.56 Å². The van der Waals surface area contributed by atoms with Crippen molar-refractivity contribution in [2.24, 2.45) is 0 Å². The Morgan fingerprint density at radius 3 is 2.50 bits per heavy atom. The van der Waals surface area contributed by atoms with E-state index in [1.54, 1.807) is 10.9 Å².